The lowest BCUT2D eigenvalue weighted by Gasteiger charge is -2.18. The maximum atomic E-state index is 13.0. The molecule has 0 unspecified atom stereocenters. The molecule has 13 aromatic rings. The van der Waals surface area contributed by atoms with Gasteiger partial charge in [0.1, 0.15) is 6.54 Å². The van der Waals surface area contributed by atoms with E-state index in [-0.39, 0.29) is 68.6 Å². The Kier molecular flexibility index (Phi) is 46.9. The number of anilines is 4. The number of hydrogen-bond acceptors (Lipinski definition) is 21. The fourth-order valence-corrected chi connectivity index (χ4v) is 14.3. The van der Waals surface area contributed by atoms with E-state index >= 15 is 0 Å². The summed E-state index contributed by atoms with van der Waals surface area (Å²) < 4.78 is 58.0. The first-order valence-electron chi connectivity index (χ1n) is 40.0. The van der Waals surface area contributed by atoms with Gasteiger partial charge in [0.25, 0.3) is 0 Å². The number of nitrogens with zero attached hydrogens (tertiary/aromatic N) is 3. The van der Waals surface area contributed by atoms with Gasteiger partial charge < -0.3 is 74.4 Å². The molecule has 0 saturated heterocycles. The Balaban J connectivity index is 0.000000268. The number of carbonyl (C=O) groups excluding carboxylic acids is 2. The number of fused-ring (bicyclic) bond motifs is 4. The van der Waals surface area contributed by atoms with E-state index in [1.54, 1.807) is 128 Å². The summed E-state index contributed by atoms with van der Waals surface area (Å²) in [6.07, 6.45) is 0. The van der Waals surface area contributed by atoms with Crippen molar-refractivity contribution in [2.75, 3.05) is 74.1 Å². The molecule has 0 bridgehead atoms. The lowest BCUT2D eigenvalue weighted by atomic mass is 10.1. The third-order valence-corrected chi connectivity index (χ3v) is 20.9. The lowest BCUT2D eigenvalue weighted by Crippen LogP contribution is -2.19. The second-order valence-corrected chi connectivity index (χ2v) is 31.5. The van der Waals surface area contributed by atoms with Crippen molar-refractivity contribution in [3.63, 3.8) is 0 Å². The van der Waals surface area contributed by atoms with Crippen molar-refractivity contribution >= 4 is 228 Å². The molecule has 0 aliphatic carbocycles. The molecule has 131 heavy (non-hydrogen) atoms. The van der Waals surface area contributed by atoms with Gasteiger partial charge in [0.05, 0.1) is 167 Å². The number of ether oxygens (including phenoxy) is 8. The number of nitro benzene ring substituents is 2. The first-order chi connectivity index (χ1) is 62.3. The number of benzene rings is 11. The molecule has 13 rings (SSSR count). The Morgan fingerprint density at radius 3 is 1.40 bits per heavy atom. The number of aromatic carboxylic acids is 2. The van der Waals surface area contributed by atoms with Crippen molar-refractivity contribution in [2.45, 2.75) is 89.6 Å². The topological polar surface area (TPSA) is 388 Å². The van der Waals surface area contributed by atoms with Crippen LogP contribution in [0.1, 0.15) is 98.4 Å². The van der Waals surface area contributed by atoms with Crippen molar-refractivity contribution in [3.8, 4) is 34.5 Å². The number of rotatable bonds is 23. The maximum absolute atomic E-state index is 13.0. The SMILES string of the molecule is CCOC(=O)CI.CCOC(=O)Cn1c2cc(C)ccc2c(=O)c2ccc(Cl)c(OCC)c21.CCOc1c(Cl)ccc2c(=O)c3ccc(C)cc3[nH]c12.CCOc1c(Cl)cccc1I.CCOc1c(Cl)cccc1Nc1cc(C)ccc1C(=O)O.CCOc1c(Cl)cccc1[N+](=O)[O-].CCOc1c(N)cccc1Cl.Cc1ccc(C(=O)O)c(N)c1.O=[N+]([O-])c1cccc(Cl)c1F. The molecular formula is C94H95Cl7FI2N7O20. The van der Waals surface area contributed by atoms with Crippen LogP contribution in [0, 0.1) is 57.3 Å². The minimum Gasteiger partial charge on any atom is -0.491 e. The number of aryl methyl sites for hydroxylation is 4. The van der Waals surface area contributed by atoms with Crippen LogP contribution >= 0.6 is 126 Å². The Hall–Kier alpha value is -11.3. The molecule has 0 radical (unpaired) electrons. The average Bonchev–Trinajstić information content (AvgIpc) is 0.730. The quantitative estimate of drug-likeness (QED) is 0.00659. The second kappa shape index (κ2) is 55.7. The van der Waals surface area contributed by atoms with Crippen LogP contribution in [-0.4, -0.2) is 111 Å². The van der Waals surface area contributed by atoms with Gasteiger partial charge in [-0.15, -0.1) is 0 Å². The first kappa shape index (κ1) is 110. The van der Waals surface area contributed by atoms with Crippen LogP contribution in [0.4, 0.5) is 38.5 Å². The molecule has 696 valence electrons. The van der Waals surface area contributed by atoms with Gasteiger partial charge in [-0.1, -0.05) is 158 Å². The van der Waals surface area contributed by atoms with Crippen LogP contribution in [0.25, 0.3) is 43.6 Å². The molecule has 27 nitrogen and oxygen atoms in total. The Morgan fingerprint density at radius 2 is 0.863 bits per heavy atom. The number of para-hydroxylation sites is 4. The second-order valence-electron chi connectivity index (χ2n) is 26.7. The summed E-state index contributed by atoms with van der Waals surface area (Å²) in [5.41, 5.74) is 19.2. The molecule has 0 saturated carbocycles. The first-order valence-corrected chi connectivity index (χ1v) is 45.2. The van der Waals surface area contributed by atoms with E-state index in [0.29, 0.717) is 160 Å². The number of aromatic amines is 1. The van der Waals surface area contributed by atoms with Crippen molar-refractivity contribution in [3.05, 3.63) is 307 Å². The van der Waals surface area contributed by atoms with E-state index in [1.807, 2.05) is 133 Å². The van der Waals surface area contributed by atoms with E-state index in [4.69, 9.17) is 131 Å². The summed E-state index contributed by atoms with van der Waals surface area (Å²) in [5.74, 6) is -0.529. The molecule has 0 atom stereocenters. The number of aromatic nitrogens is 2. The fourth-order valence-electron chi connectivity index (χ4n) is 11.7. The van der Waals surface area contributed by atoms with Crippen molar-refractivity contribution < 1.29 is 81.5 Å². The highest BCUT2D eigenvalue weighted by atomic mass is 127. The molecule has 0 fully saturated rings. The third-order valence-electron chi connectivity index (χ3n) is 17.3. The minimum absolute atomic E-state index is 0.00799. The number of carbonyl (C=O) groups is 4. The molecule has 0 aliphatic heterocycles. The van der Waals surface area contributed by atoms with Crippen molar-refractivity contribution in [1.82, 2.24) is 9.55 Å². The van der Waals surface area contributed by atoms with Gasteiger partial charge >= 0.3 is 35.3 Å². The number of nitrogens with two attached hydrogens (primary N) is 2. The molecule has 11 aromatic carbocycles. The van der Waals surface area contributed by atoms with Gasteiger partial charge in [-0.05, 0) is 249 Å². The van der Waals surface area contributed by atoms with Gasteiger partial charge in [0.15, 0.2) is 39.6 Å². The number of nitrogen functional groups attached to an aromatic ring is 2. The minimum atomic E-state index is -0.988. The van der Waals surface area contributed by atoms with E-state index in [2.05, 4.69) is 37.6 Å². The Bertz CT molecular complexity index is 6200. The largest absolute Gasteiger partial charge is 0.491 e. The summed E-state index contributed by atoms with van der Waals surface area (Å²) in [4.78, 5) is 92.3. The highest BCUT2D eigenvalue weighted by molar-refractivity contribution is 14.1. The lowest BCUT2D eigenvalue weighted by molar-refractivity contribution is -0.387. The third kappa shape index (κ3) is 32.6. The summed E-state index contributed by atoms with van der Waals surface area (Å²) in [6, 6.07) is 52.4. The summed E-state index contributed by atoms with van der Waals surface area (Å²) in [5, 5.41) is 46.4. The zero-order valence-corrected chi connectivity index (χ0v) is 82.6. The molecule has 0 spiro atoms. The summed E-state index contributed by atoms with van der Waals surface area (Å²) >= 11 is 45.5. The van der Waals surface area contributed by atoms with Crippen LogP contribution < -0.4 is 56.1 Å². The average molecular weight is 2160 g/mol. The molecule has 0 aliphatic rings. The van der Waals surface area contributed by atoms with Crippen LogP contribution in [0.3, 0.4) is 0 Å². The number of nitrogens with one attached hydrogen (secondary N) is 2. The number of nitro groups is 2. The molecule has 2 heterocycles. The number of esters is 2. The Labute approximate surface area is 817 Å². The predicted octanol–water partition coefficient (Wildman–Crippen LogP) is 25.6. The zero-order chi connectivity index (χ0) is 97.5. The van der Waals surface area contributed by atoms with Crippen molar-refractivity contribution in [2.24, 2.45) is 0 Å². The van der Waals surface area contributed by atoms with E-state index < -0.39 is 33.3 Å². The predicted molar refractivity (Wildman–Crippen MR) is 538 cm³/mol. The van der Waals surface area contributed by atoms with E-state index in [9.17, 15) is 58.5 Å². The number of carboxylic acids is 2. The number of carboxylic acid groups (broad SMARTS) is 2. The van der Waals surface area contributed by atoms with Gasteiger partial charge in [-0.25, -0.2) is 9.59 Å². The number of alkyl halides is 1. The van der Waals surface area contributed by atoms with Gasteiger partial charge in [-0.3, -0.25) is 39.4 Å². The van der Waals surface area contributed by atoms with Crippen LogP contribution in [0.2, 0.25) is 35.2 Å². The zero-order valence-electron chi connectivity index (χ0n) is 73.0. The maximum Gasteiger partial charge on any atom is 0.337 e. The van der Waals surface area contributed by atoms with E-state index in [1.165, 1.54) is 30.3 Å². The smallest absolute Gasteiger partial charge is 0.337 e. The monoisotopic (exact) mass is 2160 g/mol. The van der Waals surface area contributed by atoms with E-state index in [0.717, 1.165) is 43.2 Å². The summed E-state index contributed by atoms with van der Waals surface area (Å²) in [7, 11) is 0. The van der Waals surface area contributed by atoms with Crippen LogP contribution in [0.5, 0.6) is 34.5 Å². The molecule has 0 amide bonds. The highest BCUT2D eigenvalue weighted by Crippen LogP contribution is 2.40. The van der Waals surface area contributed by atoms with Crippen molar-refractivity contribution in [1.29, 1.82) is 0 Å². The fraction of sp³-hybridized carbons (Fsp3) is 0.234. The molecule has 8 N–H and O–H groups in total. The highest BCUT2D eigenvalue weighted by Gasteiger charge is 2.23. The molecule has 2 aromatic heterocycles. The normalized spacial score (nSPS) is 10.2. The van der Waals surface area contributed by atoms with Gasteiger partial charge in [-0.2, -0.15) is 4.39 Å². The van der Waals surface area contributed by atoms with Crippen LogP contribution in [-0.2, 0) is 25.6 Å². The Morgan fingerprint density at radius 1 is 0.443 bits per heavy atom. The molecule has 37 heteroatoms. The number of hydrogen-bond donors (Lipinski definition) is 6. The molecular weight excluding hydrogens is 2070 g/mol. The van der Waals surface area contributed by atoms with Gasteiger partial charge in [0.2, 0.25) is 11.6 Å². The standard InChI is InChI=1S/C20H20ClNO4.C16H16ClNO3.C16H14ClNO2.C8H8ClIO.C8H8ClNO3.C8H10ClNO.C8H9NO2.C6H3ClFNO2.C4H7IO2/c1-4-25-17(23)11-22-16-10-12(3)6-7-13(16)19(24)14-8-9-15(21)20(18(14)22)26-5-2;1-3-21-15-12(17)5-4-6-13(15)18-14-9-10(2)7-8-11(14)16(19)20;1-3-20-16-12(17)7-6-11-14(16)18-13-8-9(2)4-5-10(13)15(11)19;1-2-11-8-6(9)4-3-5-7(8)10;1-2-13-8-6(9)4-3-5-7(8)10(11)12;1-2-11-8-6(9)4-3-5-7(8)10;1-5-2-3-6(8(10)11)7(9)4-5;7-4-2-1-3-5(6(4)8)9(10)11;1-2-7-4(6)3-5/h6-10H,4-5,11H2,1-3H3;4-9,18H,3H2,1-2H3,(H,19,20);4-8H,3H2,1-2H3,(H,18,19);3-5H,2H2,1H3;3-5H,2H2,1H3;3-5H,2,10H2,1H3;2-4H,9H2,1H3,(H,10,11);1-3H;2-3H2,1H3. The number of H-pyrrole nitrogens is 1. The van der Waals surface area contributed by atoms with Gasteiger partial charge in [0, 0.05) is 28.6 Å². The van der Waals surface area contributed by atoms with Crippen LogP contribution in [0.15, 0.2) is 198 Å². The number of halogens is 10. The number of pyridine rings is 2. The summed E-state index contributed by atoms with van der Waals surface area (Å²) in [6.45, 7) is 26.1.